The van der Waals surface area contributed by atoms with Crippen LogP contribution >= 0.6 is 0 Å². The summed E-state index contributed by atoms with van der Waals surface area (Å²) in [6.45, 7) is 2.99. The highest BCUT2D eigenvalue weighted by Gasteiger charge is 2.28. The second kappa shape index (κ2) is 6.82. The summed E-state index contributed by atoms with van der Waals surface area (Å²) in [4.78, 5) is 7.02. The third-order valence-corrected chi connectivity index (χ3v) is 5.97. The maximum absolute atomic E-state index is 12.5. The van der Waals surface area contributed by atoms with E-state index in [1.807, 2.05) is 23.9 Å². The fourth-order valence-corrected chi connectivity index (χ4v) is 4.23. The minimum absolute atomic E-state index is 0.106. The summed E-state index contributed by atoms with van der Waals surface area (Å²) in [5.41, 5.74) is 0. The molecule has 1 aromatic heterocycles. The number of hydrogen-bond acceptors (Lipinski definition) is 5. The van der Waals surface area contributed by atoms with E-state index in [2.05, 4.69) is 15.2 Å². The third kappa shape index (κ3) is 3.63. The number of hydrogen-bond donors (Lipinski definition) is 1. The predicted octanol–water partition coefficient (Wildman–Crippen LogP) is 0.840. The van der Waals surface area contributed by atoms with Crippen LogP contribution < -0.4 is 5.32 Å². The second-order valence-electron chi connectivity index (χ2n) is 5.78. The monoisotopic (exact) mass is 334 g/mol. The van der Waals surface area contributed by atoms with Crippen LogP contribution in [-0.4, -0.2) is 54.8 Å². The normalized spacial score (nSPS) is 19.8. The highest BCUT2D eigenvalue weighted by molar-refractivity contribution is 7.91. The molecule has 2 aromatic rings. The van der Waals surface area contributed by atoms with Gasteiger partial charge in [0.2, 0.25) is 0 Å². The van der Waals surface area contributed by atoms with Crippen LogP contribution in [0.2, 0.25) is 0 Å². The number of nitrogens with zero attached hydrogens (tertiary/aromatic N) is 3. The number of sulfone groups is 1. The molecular weight excluding hydrogens is 312 g/mol. The van der Waals surface area contributed by atoms with Crippen molar-refractivity contribution >= 4 is 9.84 Å². The second-order valence-corrected chi connectivity index (χ2v) is 7.89. The molecule has 23 heavy (non-hydrogen) atoms. The standard InChI is InChI=1S/C16H22N4O2S/c1-19-9-8-18-16(19)15-13-17-7-10-20(15)11-12-23(21,22)14-5-3-2-4-6-14/h2-6,8-9,15,17H,7,10-13H2,1H3. The zero-order valence-corrected chi connectivity index (χ0v) is 14.0. The van der Waals surface area contributed by atoms with Crippen molar-refractivity contribution in [3.05, 3.63) is 48.5 Å². The maximum atomic E-state index is 12.5. The molecule has 1 atom stereocenters. The van der Waals surface area contributed by atoms with Crippen LogP contribution in [-0.2, 0) is 16.9 Å². The van der Waals surface area contributed by atoms with Gasteiger partial charge in [-0.2, -0.15) is 0 Å². The Kier molecular flexibility index (Phi) is 4.79. The van der Waals surface area contributed by atoms with Gasteiger partial charge in [-0.3, -0.25) is 4.90 Å². The molecule has 0 amide bonds. The first-order valence-electron chi connectivity index (χ1n) is 7.78. The van der Waals surface area contributed by atoms with E-state index in [-0.39, 0.29) is 11.8 Å². The molecule has 1 N–H and O–H groups in total. The first kappa shape index (κ1) is 16.2. The number of piperazine rings is 1. The van der Waals surface area contributed by atoms with Gasteiger partial charge in [-0.15, -0.1) is 0 Å². The molecule has 1 aromatic carbocycles. The summed E-state index contributed by atoms with van der Waals surface area (Å²) in [6.07, 6.45) is 3.70. The van der Waals surface area contributed by atoms with E-state index in [4.69, 9.17) is 0 Å². The van der Waals surface area contributed by atoms with Crippen LogP contribution in [0, 0.1) is 0 Å². The molecule has 0 bridgehead atoms. The topological polar surface area (TPSA) is 67.2 Å². The lowest BCUT2D eigenvalue weighted by Crippen LogP contribution is -2.48. The molecule has 1 aliphatic heterocycles. The molecule has 1 saturated heterocycles. The number of nitrogens with one attached hydrogen (secondary N) is 1. The lowest BCUT2D eigenvalue weighted by atomic mass is 10.2. The number of aryl methyl sites for hydroxylation is 1. The quantitative estimate of drug-likeness (QED) is 0.878. The average molecular weight is 334 g/mol. The van der Waals surface area contributed by atoms with Gasteiger partial charge >= 0.3 is 0 Å². The molecule has 7 heteroatoms. The molecule has 0 radical (unpaired) electrons. The van der Waals surface area contributed by atoms with Crippen molar-refractivity contribution in [3.63, 3.8) is 0 Å². The fraction of sp³-hybridized carbons (Fsp3) is 0.438. The van der Waals surface area contributed by atoms with Gasteiger partial charge < -0.3 is 9.88 Å². The Bertz CT molecular complexity index is 742. The highest BCUT2D eigenvalue weighted by atomic mass is 32.2. The van der Waals surface area contributed by atoms with E-state index >= 15 is 0 Å². The predicted molar refractivity (Wildman–Crippen MR) is 88.9 cm³/mol. The number of imidazole rings is 1. The lowest BCUT2D eigenvalue weighted by Gasteiger charge is -2.35. The van der Waals surface area contributed by atoms with Gasteiger partial charge in [0, 0.05) is 45.6 Å². The minimum Gasteiger partial charge on any atom is -0.337 e. The van der Waals surface area contributed by atoms with Gasteiger partial charge in [0.15, 0.2) is 9.84 Å². The Morgan fingerprint density at radius 2 is 2.09 bits per heavy atom. The van der Waals surface area contributed by atoms with E-state index in [1.54, 1.807) is 30.5 Å². The molecule has 1 unspecified atom stereocenters. The molecule has 3 rings (SSSR count). The Labute approximate surface area is 137 Å². The van der Waals surface area contributed by atoms with Crippen molar-refractivity contribution in [3.8, 4) is 0 Å². The van der Waals surface area contributed by atoms with Crippen molar-refractivity contribution in [2.45, 2.75) is 10.9 Å². The van der Waals surface area contributed by atoms with Crippen molar-refractivity contribution in [2.75, 3.05) is 31.9 Å². The van der Waals surface area contributed by atoms with Gasteiger partial charge in [0.25, 0.3) is 0 Å². The first-order valence-corrected chi connectivity index (χ1v) is 9.43. The molecule has 1 fully saturated rings. The Balaban J connectivity index is 1.72. The third-order valence-electron chi connectivity index (χ3n) is 4.26. The summed E-state index contributed by atoms with van der Waals surface area (Å²) in [6, 6.07) is 8.76. The highest BCUT2D eigenvalue weighted by Crippen LogP contribution is 2.21. The molecule has 0 saturated carbocycles. The van der Waals surface area contributed by atoms with Gasteiger partial charge in [-0.05, 0) is 12.1 Å². The van der Waals surface area contributed by atoms with E-state index in [0.29, 0.717) is 11.4 Å². The van der Waals surface area contributed by atoms with E-state index in [1.165, 1.54) is 0 Å². The Morgan fingerprint density at radius 1 is 1.30 bits per heavy atom. The van der Waals surface area contributed by atoms with Crippen LogP contribution in [0.5, 0.6) is 0 Å². The van der Waals surface area contributed by atoms with Crippen LogP contribution in [0.25, 0.3) is 0 Å². The fourth-order valence-electron chi connectivity index (χ4n) is 2.95. The molecule has 1 aliphatic rings. The molecule has 0 aliphatic carbocycles. The summed E-state index contributed by atoms with van der Waals surface area (Å²) in [5, 5.41) is 3.36. The number of aromatic nitrogens is 2. The summed E-state index contributed by atoms with van der Waals surface area (Å²) in [5.74, 6) is 1.09. The van der Waals surface area contributed by atoms with Crippen molar-refractivity contribution in [1.82, 2.24) is 19.8 Å². The van der Waals surface area contributed by atoms with Crippen LogP contribution in [0.4, 0.5) is 0 Å². The molecule has 0 spiro atoms. The van der Waals surface area contributed by atoms with Crippen LogP contribution in [0.15, 0.2) is 47.6 Å². The summed E-state index contributed by atoms with van der Waals surface area (Å²) >= 11 is 0. The maximum Gasteiger partial charge on any atom is 0.179 e. The Morgan fingerprint density at radius 3 is 2.78 bits per heavy atom. The lowest BCUT2D eigenvalue weighted by molar-refractivity contribution is 0.162. The molecule has 124 valence electrons. The Hall–Kier alpha value is -1.70. The summed E-state index contributed by atoms with van der Waals surface area (Å²) < 4.78 is 26.9. The first-order chi connectivity index (χ1) is 11.1. The van der Waals surface area contributed by atoms with Gasteiger partial charge in [-0.25, -0.2) is 13.4 Å². The van der Waals surface area contributed by atoms with E-state index < -0.39 is 9.84 Å². The van der Waals surface area contributed by atoms with Crippen molar-refractivity contribution in [2.24, 2.45) is 7.05 Å². The smallest absolute Gasteiger partial charge is 0.179 e. The van der Waals surface area contributed by atoms with Gasteiger partial charge in [0.05, 0.1) is 16.7 Å². The van der Waals surface area contributed by atoms with Gasteiger partial charge in [-0.1, -0.05) is 18.2 Å². The number of benzene rings is 1. The molecule has 6 nitrogen and oxygen atoms in total. The average Bonchev–Trinajstić information content (AvgIpc) is 3.00. The molecular formula is C16H22N4O2S. The zero-order valence-electron chi connectivity index (χ0n) is 13.2. The van der Waals surface area contributed by atoms with Crippen LogP contribution in [0.3, 0.4) is 0 Å². The van der Waals surface area contributed by atoms with Gasteiger partial charge in [0.1, 0.15) is 5.82 Å². The van der Waals surface area contributed by atoms with E-state index in [9.17, 15) is 8.42 Å². The number of rotatable bonds is 5. The van der Waals surface area contributed by atoms with Crippen LogP contribution in [0.1, 0.15) is 11.9 Å². The zero-order chi connectivity index (χ0) is 16.3. The van der Waals surface area contributed by atoms with E-state index in [0.717, 1.165) is 25.5 Å². The van der Waals surface area contributed by atoms with Crippen molar-refractivity contribution < 1.29 is 8.42 Å². The summed E-state index contributed by atoms with van der Waals surface area (Å²) in [7, 11) is -1.28. The molecule has 2 heterocycles. The SMILES string of the molecule is Cn1ccnc1C1CNCCN1CCS(=O)(=O)c1ccccc1. The minimum atomic E-state index is -3.25. The largest absolute Gasteiger partial charge is 0.337 e. The van der Waals surface area contributed by atoms with Crippen molar-refractivity contribution in [1.29, 1.82) is 0 Å².